The van der Waals surface area contributed by atoms with Crippen LogP contribution in [0.5, 0.6) is 0 Å². The predicted molar refractivity (Wildman–Crippen MR) is 146 cm³/mol. The van der Waals surface area contributed by atoms with Crippen LogP contribution in [0, 0.1) is 39.4 Å². The van der Waals surface area contributed by atoms with E-state index in [1.807, 2.05) is 0 Å². The average Bonchev–Trinajstić information content (AvgIpc) is 3.09. The first kappa shape index (κ1) is 28.4. The molecule has 0 aromatic rings. The fraction of sp³-hybridized carbons (Fsp3) is 0.812. The molecule has 2 saturated carbocycles. The maximum absolute atomic E-state index is 12.0. The van der Waals surface area contributed by atoms with E-state index in [4.69, 9.17) is 4.74 Å². The van der Waals surface area contributed by atoms with Crippen LogP contribution < -0.4 is 0 Å². The second-order valence-corrected chi connectivity index (χ2v) is 14.2. The van der Waals surface area contributed by atoms with Crippen LogP contribution in [0.3, 0.4) is 0 Å². The molecule has 0 bridgehead atoms. The molecule has 0 saturated heterocycles. The largest absolute Gasteiger partial charge is 0.478 e. The lowest BCUT2D eigenvalue weighted by atomic mass is 9.43. The van der Waals surface area contributed by atoms with Gasteiger partial charge in [0.05, 0.1) is 6.10 Å². The number of hydrogen-bond acceptors (Lipinski definition) is 4. The minimum absolute atomic E-state index is 0.0568. The lowest BCUT2D eigenvalue weighted by Gasteiger charge is -2.62. The Labute approximate surface area is 224 Å². The molecule has 0 amide bonds. The van der Waals surface area contributed by atoms with Crippen LogP contribution >= 0.6 is 0 Å². The Hall–Kier alpha value is -1.62. The normalized spacial score (nSPS) is 40.8. The van der Waals surface area contributed by atoms with Crippen molar-refractivity contribution in [3.63, 3.8) is 0 Å². The van der Waals surface area contributed by atoms with Crippen molar-refractivity contribution in [3.8, 4) is 0 Å². The fourth-order valence-corrected chi connectivity index (χ4v) is 9.78. The highest BCUT2D eigenvalue weighted by atomic mass is 16.5. The van der Waals surface area contributed by atoms with Gasteiger partial charge >= 0.3 is 11.9 Å². The van der Waals surface area contributed by atoms with E-state index >= 15 is 0 Å². The number of rotatable bonds is 6. The molecular formula is C32H50O5. The van der Waals surface area contributed by atoms with E-state index in [1.165, 1.54) is 6.92 Å². The summed E-state index contributed by atoms with van der Waals surface area (Å²) < 4.78 is 5.83. The van der Waals surface area contributed by atoms with Crippen LogP contribution in [0.2, 0.25) is 0 Å². The third-order valence-corrected chi connectivity index (χ3v) is 12.3. The first-order valence-electron chi connectivity index (χ1n) is 14.6. The van der Waals surface area contributed by atoms with E-state index in [1.54, 1.807) is 24.1 Å². The summed E-state index contributed by atoms with van der Waals surface area (Å²) in [6.07, 6.45) is 10.4. The minimum atomic E-state index is -0.927. The number of carboxylic acid groups (broad SMARTS) is 1. The molecule has 0 aromatic heterocycles. The van der Waals surface area contributed by atoms with Crippen molar-refractivity contribution in [1.82, 2.24) is 0 Å². The molecule has 8 unspecified atom stereocenters. The highest BCUT2D eigenvalue weighted by molar-refractivity contribution is 5.85. The first-order valence-corrected chi connectivity index (χ1v) is 14.6. The molecular weight excluding hydrogens is 464 g/mol. The van der Waals surface area contributed by atoms with Crippen LogP contribution in [0.25, 0.3) is 0 Å². The van der Waals surface area contributed by atoms with Gasteiger partial charge in [0, 0.05) is 18.9 Å². The lowest BCUT2D eigenvalue weighted by Crippen LogP contribution is -2.55. The molecule has 208 valence electrons. The van der Waals surface area contributed by atoms with Crippen molar-refractivity contribution in [2.75, 3.05) is 0 Å². The Bertz CT molecular complexity index is 1010. The van der Waals surface area contributed by atoms with Crippen molar-refractivity contribution >= 4 is 11.9 Å². The first-order chi connectivity index (χ1) is 17.1. The molecule has 0 aromatic carbocycles. The molecule has 2 fully saturated rings. The van der Waals surface area contributed by atoms with Gasteiger partial charge in [-0.2, -0.15) is 0 Å². The number of carbonyl (C=O) groups excluding carboxylic acids is 1. The molecule has 0 radical (unpaired) electrons. The maximum atomic E-state index is 12.0. The average molecular weight is 515 g/mol. The third-order valence-electron chi connectivity index (χ3n) is 12.3. The molecule has 5 nitrogen and oxygen atoms in total. The van der Waals surface area contributed by atoms with Gasteiger partial charge in [-0.25, -0.2) is 4.79 Å². The van der Waals surface area contributed by atoms with Gasteiger partial charge in [-0.05, 0) is 97.7 Å². The SMILES string of the molecule is CC(=O)OC(CC=C(C)C(=O)O)C(C)C1CCC2(C)C3=C(CCC12C)C1(C)CCC(O)C(C)(C)C1CC3. The number of hydrogen-bond donors (Lipinski definition) is 2. The van der Waals surface area contributed by atoms with Crippen molar-refractivity contribution < 1.29 is 24.5 Å². The number of aliphatic hydroxyl groups is 1. The van der Waals surface area contributed by atoms with Gasteiger partial charge in [-0.1, -0.05) is 58.8 Å². The molecule has 5 heteroatoms. The van der Waals surface area contributed by atoms with E-state index in [0.29, 0.717) is 23.8 Å². The Kier molecular flexibility index (Phi) is 7.32. The number of fused-ring (bicyclic) bond motifs is 4. The molecule has 4 aliphatic carbocycles. The van der Waals surface area contributed by atoms with E-state index in [-0.39, 0.29) is 45.8 Å². The van der Waals surface area contributed by atoms with Crippen molar-refractivity contribution in [1.29, 1.82) is 0 Å². The number of ether oxygens (including phenoxy) is 1. The summed E-state index contributed by atoms with van der Waals surface area (Å²) >= 11 is 0. The molecule has 8 atom stereocenters. The quantitative estimate of drug-likeness (QED) is 0.225. The summed E-state index contributed by atoms with van der Waals surface area (Å²) in [4.78, 5) is 23.4. The predicted octanol–water partition coefficient (Wildman–Crippen LogP) is 7.09. The van der Waals surface area contributed by atoms with Crippen molar-refractivity contribution in [3.05, 3.63) is 22.8 Å². The number of carboxylic acids is 1. The summed E-state index contributed by atoms with van der Waals surface area (Å²) in [7, 11) is 0. The Morgan fingerprint density at radius 1 is 1.00 bits per heavy atom. The highest BCUT2D eigenvalue weighted by Gasteiger charge is 2.63. The molecule has 0 aliphatic heterocycles. The van der Waals surface area contributed by atoms with Gasteiger partial charge in [0.1, 0.15) is 6.10 Å². The number of allylic oxidation sites excluding steroid dienone is 2. The fourth-order valence-electron chi connectivity index (χ4n) is 9.78. The summed E-state index contributed by atoms with van der Waals surface area (Å²) in [5, 5.41) is 20.2. The molecule has 0 heterocycles. The van der Waals surface area contributed by atoms with Gasteiger partial charge in [-0.15, -0.1) is 0 Å². The zero-order chi connectivity index (χ0) is 27.6. The van der Waals surface area contributed by atoms with Crippen LogP contribution in [0.15, 0.2) is 22.8 Å². The van der Waals surface area contributed by atoms with Gasteiger partial charge in [0.15, 0.2) is 0 Å². The van der Waals surface area contributed by atoms with Gasteiger partial charge in [-0.3, -0.25) is 4.79 Å². The van der Waals surface area contributed by atoms with E-state index < -0.39 is 5.97 Å². The topological polar surface area (TPSA) is 83.8 Å². The zero-order valence-corrected chi connectivity index (χ0v) is 24.4. The lowest BCUT2D eigenvalue weighted by molar-refractivity contribution is -0.151. The summed E-state index contributed by atoms with van der Waals surface area (Å²) in [6, 6.07) is 0. The number of aliphatic carboxylic acids is 1. The highest BCUT2D eigenvalue weighted by Crippen LogP contribution is 2.72. The standard InChI is InChI=1S/C32H50O5/c1-19(28(35)36)9-11-25(37-21(3)33)20(2)22-13-17-32(8)24-10-12-26-29(4,5)27(34)15-16-30(26,6)23(24)14-18-31(22,32)7/h9,20,22,25-27,34H,10-18H2,1-8H3,(H,35,36). The number of aliphatic hydroxyl groups excluding tert-OH is 1. The molecule has 2 N–H and O–H groups in total. The Morgan fingerprint density at radius 3 is 2.30 bits per heavy atom. The van der Waals surface area contributed by atoms with Crippen molar-refractivity contribution in [2.24, 2.45) is 39.4 Å². The third kappa shape index (κ3) is 4.32. The van der Waals surface area contributed by atoms with Crippen molar-refractivity contribution in [2.45, 2.75) is 125 Å². The number of carbonyl (C=O) groups is 2. The maximum Gasteiger partial charge on any atom is 0.330 e. The molecule has 0 spiro atoms. The monoisotopic (exact) mass is 514 g/mol. The molecule has 4 rings (SSSR count). The summed E-state index contributed by atoms with van der Waals surface area (Å²) in [5.74, 6) is -0.157. The zero-order valence-electron chi connectivity index (χ0n) is 24.4. The Balaban J connectivity index is 1.66. The van der Waals surface area contributed by atoms with Gasteiger partial charge in [0.2, 0.25) is 0 Å². The molecule has 37 heavy (non-hydrogen) atoms. The number of esters is 1. The summed E-state index contributed by atoms with van der Waals surface area (Å²) in [5.41, 5.74) is 4.05. The Morgan fingerprint density at radius 2 is 1.68 bits per heavy atom. The minimum Gasteiger partial charge on any atom is -0.478 e. The van der Waals surface area contributed by atoms with E-state index in [2.05, 4.69) is 41.5 Å². The van der Waals surface area contributed by atoms with Gasteiger partial charge in [0.25, 0.3) is 0 Å². The molecule has 4 aliphatic rings. The second kappa shape index (κ2) is 9.54. The van der Waals surface area contributed by atoms with Gasteiger partial charge < -0.3 is 14.9 Å². The smallest absolute Gasteiger partial charge is 0.330 e. The van der Waals surface area contributed by atoms with Crippen LogP contribution in [-0.4, -0.2) is 34.4 Å². The van der Waals surface area contributed by atoms with E-state index in [9.17, 15) is 19.8 Å². The second-order valence-electron chi connectivity index (χ2n) is 14.2. The van der Waals surface area contributed by atoms with E-state index in [0.717, 1.165) is 51.4 Å². The van der Waals surface area contributed by atoms with Crippen LogP contribution in [0.1, 0.15) is 113 Å². The van der Waals surface area contributed by atoms with Crippen LogP contribution in [0.4, 0.5) is 0 Å². The van der Waals surface area contributed by atoms with Crippen LogP contribution in [-0.2, 0) is 14.3 Å². The summed E-state index contributed by atoms with van der Waals surface area (Å²) in [6.45, 7) is 17.3.